The van der Waals surface area contributed by atoms with Crippen LogP contribution in [0.2, 0.25) is 0 Å². The van der Waals surface area contributed by atoms with Crippen LogP contribution in [-0.4, -0.2) is 66.6 Å². The first-order chi connectivity index (χ1) is 14.2. The van der Waals surface area contributed by atoms with E-state index in [0.717, 1.165) is 38.9 Å². The highest BCUT2D eigenvalue weighted by molar-refractivity contribution is 6.04. The van der Waals surface area contributed by atoms with Crippen LogP contribution in [0.25, 0.3) is 11.1 Å². The van der Waals surface area contributed by atoms with Crippen LogP contribution in [-0.2, 0) is 0 Å². The van der Waals surface area contributed by atoms with Gasteiger partial charge in [-0.15, -0.1) is 0 Å². The number of benzene rings is 1. The van der Waals surface area contributed by atoms with Gasteiger partial charge in [0.05, 0.1) is 5.56 Å². The summed E-state index contributed by atoms with van der Waals surface area (Å²) in [5, 5.41) is 6.74. The van der Waals surface area contributed by atoms with Gasteiger partial charge in [0.1, 0.15) is 5.52 Å². The lowest BCUT2D eigenvalue weighted by Gasteiger charge is -2.34. The van der Waals surface area contributed by atoms with Crippen molar-refractivity contribution in [2.45, 2.75) is 63.2 Å². The van der Waals surface area contributed by atoms with E-state index >= 15 is 0 Å². The van der Waals surface area contributed by atoms with Gasteiger partial charge in [-0.3, -0.25) is 9.69 Å². The Morgan fingerprint density at radius 2 is 2.28 bits per heavy atom. The monoisotopic (exact) mass is 397 g/mol. The number of hydrogen-bond donors (Lipinski definition) is 2. The van der Waals surface area contributed by atoms with Crippen molar-refractivity contribution < 1.29 is 9.21 Å². The molecular formula is C22H31N5O2. The highest BCUT2D eigenvalue weighted by Crippen LogP contribution is 2.35. The first-order valence-electron chi connectivity index (χ1n) is 11.1. The molecule has 0 radical (unpaired) electrons. The summed E-state index contributed by atoms with van der Waals surface area (Å²) in [5.74, 6) is -0.0336. The molecule has 0 saturated carbocycles. The number of anilines is 1. The molecule has 3 aliphatic rings. The molecule has 5 rings (SSSR count). The van der Waals surface area contributed by atoms with Gasteiger partial charge in [-0.1, -0.05) is 19.4 Å². The Labute approximate surface area is 171 Å². The number of nitrogens with one attached hydrogen (secondary N) is 2. The Morgan fingerprint density at radius 1 is 1.38 bits per heavy atom. The SMILES string of the molecule is CC[C@H]1CNCCN1c1nc2c(C(=O)NC3CC4CCCC3N4C)cccc2o1. The number of fused-ring (bicyclic) bond motifs is 3. The molecule has 1 aromatic carbocycles. The van der Waals surface area contributed by atoms with Gasteiger partial charge in [0.25, 0.3) is 11.9 Å². The minimum Gasteiger partial charge on any atom is -0.423 e. The van der Waals surface area contributed by atoms with E-state index in [4.69, 9.17) is 9.40 Å². The van der Waals surface area contributed by atoms with Crippen LogP contribution in [0, 0.1) is 0 Å². The van der Waals surface area contributed by atoms with Gasteiger partial charge in [0, 0.05) is 43.8 Å². The van der Waals surface area contributed by atoms with Crippen LogP contribution in [0.1, 0.15) is 49.4 Å². The molecule has 4 atom stereocenters. The molecule has 1 amide bonds. The molecular weight excluding hydrogens is 366 g/mol. The number of piperidine rings is 1. The quantitative estimate of drug-likeness (QED) is 0.825. The average Bonchev–Trinajstić information content (AvgIpc) is 3.22. The summed E-state index contributed by atoms with van der Waals surface area (Å²) in [7, 11) is 2.20. The summed E-state index contributed by atoms with van der Waals surface area (Å²) < 4.78 is 6.09. The minimum absolute atomic E-state index is 0.0336. The highest BCUT2D eigenvalue weighted by Gasteiger charge is 2.42. The van der Waals surface area contributed by atoms with E-state index in [1.54, 1.807) is 0 Å². The van der Waals surface area contributed by atoms with Crippen molar-refractivity contribution in [3.63, 3.8) is 0 Å². The van der Waals surface area contributed by atoms with Crippen LogP contribution >= 0.6 is 0 Å². The maximum absolute atomic E-state index is 13.2. The van der Waals surface area contributed by atoms with Crippen molar-refractivity contribution in [2.24, 2.45) is 0 Å². The van der Waals surface area contributed by atoms with Crippen molar-refractivity contribution in [3.8, 4) is 0 Å². The molecule has 156 valence electrons. The summed E-state index contributed by atoms with van der Waals surface area (Å²) in [4.78, 5) is 22.6. The van der Waals surface area contributed by atoms with Crippen LogP contribution < -0.4 is 15.5 Å². The number of rotatable bonds is 4. The van der Waals surface area contributed by atoms with E-state index in [2.05, 4.69) is 34.4 Å². The summed E-state index contributed by atoms with van der Waals surface area (Å²) >= 11 is 0. The van der Waals surface area contributed by atoms with Gasteiger partial charge in [0.2, 0.25) is 0 Å². The number of carbonyl (C=O) groups is 1. The molecule has 3 unspecified atom stereocenters. The first-order valence-corrected chi connectivity index (χ1v) is 11.1. The summed E-state index contributed by atoms with van der Waals surface area (Å²) in [6.45, 7) is 4.89. The molecule has 1 aromatic heterocycles. The molecule has 7 nitrogen and oxygen atoms in total. The zero-order valence-electron chi connectivity index (χ0n) is 17.4. The molecule has 0 spiro atoms. The zero-order chi connectivity index (χ0) is 20.0. The van der Waals surface area contributed by atoms with E-state index in [1.807, 2.05) is 18.2 Å². The molecule has 7 heteroatoms. The number of nitrogens with zero attached hydrogens (tertiary/aromatic N) is 3. The Morgan fingerprint density at radius 3 is 3.10 bits per heavy atom. The van der Waals surface area contributed by atoms with Gasteiger partial charge in [-0.25, -0.2) is 0 Å². The van der Waals surface area contributed by atoms with Crippen molar-refractivity contribution in [3.05, 3.63) is 23.8 Å². The predicted octanol–water partition coefficient (Wildman–Crippen LogP) is 2.37. The Bertz CT molecular complexity index is 896. The van der Waals surface area contributed by atoms with Gasteiger partial charge < -0.3 is 20.0 Å². The third-order valence-corrected chi connectivity index (χ3v) is 7.16. The lowest BCUT2D eigenvalue weighted by atomic mass is 10.0. The number of hydrogen-bond acceptors (Lipinski definition) is 6. The maximum atomic E-state index is 13.2. The lowest BCUT2D eigenvalue weighted by molar-refractivity contribution is 0.0922. The van der Waals surface area contributed by atoms with Gasteiger partial charge in [-0.2, -0.15) is 4.98 Å². The predicted molar refractivity (Wildman–Crippen MR) is 113 cm³/mol. The molecule has 2 aromatic rings. The largest absolute Gasteiger partial charge is 0.423 e. The fraction of sp³-hybridized carbons (Fsp3) is 0.636. The molecule has 2 bridgehead atoms. The standard InChI is InChI=1S/C22H31N5O2/c1-3-14-13-23-10-11-27(14)22-25-20-16(7-5-9-19(20)29-22)21(28)24-17-12-15-6-4-8-18(17)26(15)2/h5,7,9,14-15,17-18,23H,3-4,6,8,10-13H2,1-2H3,(H,24,28)/t14-,15?,17?,18?/m0/s1. The molecule has 2 N–H and O–H groups in total. The molecule has 3 saturated heterocycles. The fourth-order valence-corrected chi connectivity index (χ4v) is 5.48. The first kappa shape index (κ1) is 18.9. The Hall–Kier alpha value is -2.12. The van der Waals surface area contributed by atoms with Gasteiger partial charge >= 0.3 is 0 Å². The van der Waals surface area contributed by atoms with Crippen LogP contribution in [0.15, 0.2) is 22.6 Å². The van der Waals surface area contributed by atoms with Crippen LogP contribution in [0.4, 0.5) is 6.01 Å². The van der Waals surface area contributed by atoms with E-state index in [1.165, 1.54) is 12.8 Å². The van der Waals surface area contributed by atoms with E-state index in [-0.39, 0.29) is 11.9 Å². The number of amides is 1. The molecule has 3 fully saturated rings. The maximum Gasteiger partial charge on any atom is 0.298 e. The average molecular weight is 398 g/mol. The van der Waals surface area contributed by atoms with E-state index in [0.29, 0.717) is 40.8 Å². The number of oxazole rings is 1. The molecule has 29 heavy (non-hydrogen) atoms. The van der Waals surface area contributed by atoms with Crippen molar-refractivity contribution >= 4 is 23.0 Å². The molecule has 3 aliphatic heterocycles. The van der Waals surface area contributed by atoms with Crippen LogP contribution in [0.5, 0.6) is 0 Å². The number of likely N-dealkylation sites (N-methyl/N-ethyl adjacent to an activating group) is 1. The third kappa shape index (κ3) is 3.30. The van der Waals surface area contributed by atoms with E-state index in [9.17, 15) is 4.79 Å². The van der Waals surface area contributed by atoms with Gasteiger partial charge in [-0.05, 0) is 44.9 Å². The minimum atomic E-state index is -0.0336. The van der Waals surface area contributed by atoms with Crippen molar-refractivity contribution in [2.75, 3.05) is 31.6 Å². The Balaban J connectivity index is 1.40. The summed E-state index contributed by atoms with van der Waals surface area (Å²) in [5.41, 5.74) is 1.97. The molecule has 4 heterocycles. The molecule has 0 aliphatic carbocycles. The normalized spacial score (nSPS) is 30.1. The Kier molecular flexibility index (Phi) is 4.95. The second-order valence-electron chi connectivity index (χ2n) is 8.74. The number of piperazine rings is 1. The fourth-order valence-electron chi connectivity index (χ4n) is 5.48. The zero-order valence-corrected chi connectivity index (χ0v) is 17.4. The second-order valence-corrected chi connectivity index (χ2v) is 8.74. The number of aromatic nitrogens is 1. The topological polar surface area (TPSA) is 73.6 Å². The van der Waals surface area contributed by atoms with Gasteiger partial charge in [0.15, 0.2) is 5.58 Å². The van der Waals surface area contributed by atoms with Crippen molar-refractivity contribution in [1.82, 2.24) is 20.5 Å². The van der Waals surface area contributed by atoms with E-state index < -0.39 is 0 Å². The van der Waals surface area contributed by atoms with Crippen LogP contribution in [0.3, 0.4) is 0 Å². The number of carbonyl (C=O) groups excluding carboxylic acids is 1. The van der Waals surface area contributed by atoms with Crippen molar-refractivity contribution in [1.29, 1.82) is 0 Å². The summed E-state index contributed by atoms with van der Waals surface area (Å²) in [6, 6.07) is 7.93. The third-order valence-electron chi connectivity index (χ3n) is 7.16. The number of para-hydroxylation sites is 1. The summed E-state index contributed by atoms with van der Waals surface area (Å²) in [6.07, 6.45) is 5.74. The highest BCUT2D eigenvalue weighted by atomic mass is 16.4. The lowest BCUT2D eigenvalue weighted by Crippen LogP contribution is -2.51. The second kappa shape index (κ2) is 7.61. The smallest absolute Gasteiger partial charge is 0.298 e.